The quantitative estimate of drug-likeness (QED) is 0.827. The van der Waals surface area contributed by atoms with Gasteiger partial charge in [-0.25, -0.2) is 0 Å². The van der Waals surface area contributed by atoms with Gasteiger partial charge in [-0.2, -0.15) is 0 Å². The molecule has 0 aliphatic heterocycles. The molecular weight excluding hydrogens is 372 g/mol. The van der Waals surface area contributed by atoms with E-state index in [9.17, 15) is 4.79 Å². The first-order valence-corrected chi connectivity index (χ1v) is 7.27. The summed E-state index contributed by atoms with van der Waals surface area (Å²) in [5, 5.41) is 5.90. The molecule has 0 spiro atoms. The number of benzene rings is 2. The maximum atomic E-state index is 11.8. The second kappa shape index (κ2) is 6.73. The maximum absolute atomic E-state index is 11.8. The third-order valence-electron chi connectivity index (χ3n) is 2.43. The van der Waals surface area contributed by atoms with Crippen LogP contribution >= 0.6 is 31.9 Å². The Kier molecular flexibility index (Phi) is 4.99. The minimum Gasteiger partial charge on any atom is -0.376 e. The second-order valence-electron chi connectivity index (χ2n) is 3.89. The van der Waals surface area contributed by atoms with E-state index < -0.39 is 0 Å². The summed E-state index contributed by atoms with van der Waals surface area (Å²) < 4.78 is 1.84. The van der Waals surface area contributed by atoms with Crippen LogP contribution in [0.15, 0.2) is 57.5 Å². The van der Waals surface area contributed by atoms with Gasteiger partial charge in [-0.1, -0.05) is 34.1 Å². The highest BCUT2D eigenvalue weighted by Crippen LogP contribution is 2.21. The summed E-state index contributed by atoms with van der Waals surface area (Å²) in [6.07, 6.45) is 0. The van der Waals surface area contributed by atoms with Crippen molar-refractivity contribution in [2.75, 3.05) is 17.2 Å². The molecule has 0 saturated carbocycles. The standard InChI is InChI=1S/C14H12Br2N2O/c15-10-4-3-5-11(8-10)17-9-14(19)18-13-7-2-1-6-12(13)16/h1-8,17H,9H2,(H,18,19). The number of nitrogens with one attached hydrogen (secondary N) is 2. The molecular formula is C14H12Br2N2O. The molecule has 98 valence electrons. The first kappa shape index (κ1) is 14.1. The summed E-state index contributed by atoms with van der Waals surface area (Å²) >= 11 is 6.77. The van der Waals surface area contributed by atoms with E-state index in [-0.39, 0.29) is 12.5 Å². The molecule has 2 N–H and O–H groups in total. The Morgan fingerprint density at radius 1 is 1.05 bits per heavy atom. The van der Waals surface area contributed by atoms with Gasteiger partial charge < -0.3 is 10.6 Å². The smallest absolute Gasteiger partial charge is 0.243 e. The highest BCUT2D eigenvalue weighted by atomic mass is 79.9. The highest BCUT2D eigenvalue weighted by molar-refractivity contribution is 9.10. The molecule has 3 nitrogen and oxygen atoms in total. The van der Waals surface area contributed by atoms with E-state index in [0.717, 1.165) is 20.3 Å². The number of carbonyl (C=O) groups excluding carboxylic acids is 1. The van der Waals surface area contributed by atoms with Crippen LogP contribution in [0.3, 0.4) is 0 Å². The molecule has 2 rings (SSSR count). The summed E-state index contributed by atoms with van der Waals surface area (Å²) in [7, 11) is 0. The van der Waals surface area contributed by atoms with E-state index in [4.69, 9.17) is 0 Å². The fourth-order valence-electron chi connectivity index (χ4n) is 1.54. The highest BCUT2D eigenvalue weighted by Gasteiger charge is 2.04. The second-order valence-corrected chi connectivity index (χ2v) is 5.66. The number of rotatable bonds is 4. The Balaban J connectivity index is 1.90. The number of hydrogen-bond acceptors (Lipinski definition) is 2. The van der Waals surface area contributed by atoms with E-state index in [1.807, 2.05) is 48.5 Å². The van der Waals surface area contributed by atoms with Crippen LogP contribution in [0.2, 0.25) is 0 Å². The Morgan fingerprint density at radius 3 is 2.58 bits per heavy atom. The zero-order valence-corrected chi connectivity index (χ0v) is 13.2. The molecule has 5 heteroatoms. The SMILES string of the molecule is O=C(CNc1cccc(Br)c1)Nc1ccccc1Br. The molecule has 1 amide bonds. The Labute approximate surface area is 128 Å². The Hall–Kier alpha value is -1.33. The van der Waals surface area contributed by atoms with E-state index in [0.29, 0.717) is 0 Å². The minimum atomic E-state index is -0.0909. The zero-order valence-electron chi connectivity index (χ0n) is 9.99. The van der Waals surface area contributed by atoms with Crippen LogP contribution in [-0.2, 0) is 4.79 Å². The summed E-state index contributed by atoms with van der Waals surface area (Å²) in [5.74, 6) is -0.0909. The Bertz CT molecular complexity index is 587. The fourth-order valence-corrected chi connectivity index (χ4v) is 2.32. The van der Waals surface area contributed by atoms with E-state index in [1.165, 1.54) is 0 Å². The van der Waals surface area contributed by atoms with Crippen molar-refractivity contribution in [3.8, 4) is 0 Å². The van der Waals surface area contributed by atoms with Crippen molar-refractivity contribution < 1.29 is 4.79 Å². The molecule has 0 aliphatic carbocycles. The lowest BCUT2D eigenvalue weighted by Gasteiger charge is -2.09. The number of hydrogen-bond donors (Lipinski definition) is 2. The van der Waals surface area contributed by atoms with Gasteiger partial charge in [0.1, 0.15) is 0 Å². The minimum absolute atomic E-state index is 0.0909. The van der Waals surface area contributed by atoms with Crippen molar-refractivity contribution in [3.05, 3.63) is 57.5 Å². The molecule has 0 saturated heterocycles. The van der Waals surface area contributed by atoms with Gasteiger partial charge >= 0.3 is 0 Å². The van der Waals surface area contributed by atoms with Crippen molar-refractivity contribution in [2.45, 2.75) is 0 Å². The molecule has 0 radical (unpaired) electrons. The molecule has 0 aromatic heterocycles. The van der Waals surface area contributed by atoms with Gasteiger partial charge in [-0.15, -0.1) is 0 Å². The van der Waals surface area contributed by atoms with Crippen LogP contribution in [0.5, 0.6) is 0 Å². The van der Waals surface area contributed by atoms with Gasteiger partial charge in [0, 0.05) is 14.6 Å². The van der Waals surface area contributed by atoms with Gasteiger partial charge in [0.25, 0.3) is 0 Å². The summed E-state index contributed by atoms with van der Waals surface area (Å²) in [4.78, 5) is 11.8. The predicted molar refractivity (Wildman–Crippen MR) is 85.4 cm³/mol. The number of para-hydroxylation sites is 1. The van der Waals surface area contributed by atoms with Gasteiger partial charge in [-0.3, -0.25) is 4.79 Å². The van der Waals surface area contributed by atoms with Crippen LogP contribution in [0, 0.1) is 0 Å². The lowest BCUT2D eigenvalue weighted by molar-refractivity contribution is -0.114. The summed E-state index contributed by atoms with van der Waals surface area (Å²) in [6.45, 7) is 0.220. The van der Waals surface area contributed by atoms with Crippen molar-refractivity contribution >= 4 is 49.1 Å². The molecule has 0 fully saturated rings. The molecule has 2 aromatic carbocycles. The van der Waals surface area contributed by atoms with Crippen molar-refractivity contribution in [1.29, 1.82) is 0 Å². The van der Waals surface area contributed by atoms with Crippen LogP contribution in [0.4, 0.5) is 11.4 Å². The van der Waals surface area contributed by atoms with Crippen LogP contribution in [0.25, 0.3) is 0 Å². The maximum Gasteiger partial charge on any atom is 0.243 e. The van der Waals surface area contributed by atoms with Crippen molar-refractivity contribution in [2.24, 2.45) is 0 Å². The topological polar surface area (TPSA) is 41.1 Å². The molecule has 0 unspecified atom stereocenters. The van der Waals surface area contributed by atoms with Crippen molar-refractivity contribution in [1.82, 2.24) is 0 Å². The van der Waals surface area contributed by atoms with E-state index in [2.05, 4.69) is 42.5 Å². The predicted octanol–water partition coefficient (Wildman–Crippen LogP) is 4.26. The average Bonchev–Trinajstić information content (AvgIpc) is 2.39. The van der Waals surface area contributed by atoms with Gasteiger partial charge in [0.05, 0.1) is 12.2 Å². The number of carbonyl (C=O) groups is 1. The van der Waals surface area contributed by atoms with Gasteiger partial charge in [0.2, 0.25) is 5.91 Å². The van der Waals surface area contributed by atoms with Gasteiger partial charge in [-0.05, 0) is 46.3 Å². The normalized spacial score (nSPS) is 10.0. The van der Waals surface area contributed by atoms with E-state index in [1.54, 1.807) is 0 Å². The third-order valence-corrected chi connectivity index (χ3v) is 3.61. The molecule has 2 aromatic rings. The third kappa shape index (κ3) is 4.36. The lowest BCUT2D eigenvalue weighted by atomic mass is 10.3. The van der Waals surface area contributed by atoms with Crippen LogP contribution < -0.4 is 10.6 Å². The summed E-state index contributed by atoms with van der Waals surface area (Å²) in [5.41, 5.74) is 1.67. The first-order chi connectivity index (χ1) is 9.15. The van der Waals surface area contributed by atoms with E-state index >= 15 is 0 Å². The Morgan fingerprint density at radius 2 is 1.84 bits per heavy atom. The largest absolute Gasteiger partial charge is 0.376 e. The lowest BCUT2D eigenvalue weighted by Crippen LogP contribution is -2.21. The van der Waals surface area contributed by atoms with Crippen molar-refractivity contribution in [3.63, 3.8) is 0 Å². The monoisotopic (exact) mass is 382 g/mol. The first-order valence-electron chi connectivity index (χ1n) is 5.69. The number of anilines is 2. The zero-order chi connectivity index (χ0) is 13.7. The molecule has 19 heavy (non-hydrogen) atoms. The molecule has 0 atom stereocenters. The number of amides is 1. The molecule has 0 aliphatic rings. The molecule has 0 heterocycles. The van der Waals surface area contributed by atoms with Gasteiger partial charge in [0.15, 0.2) is 0 Å². The van der Waals surface area contributed by atoms with Crippen LogP contribution in [0.1, 0.15) is 0 Å². The molecule has 0 bridgehead atoms. The summed E-state index contributed by atoms with van der Waals surface area (Å²) in [6, 6.07) is 15.2. The van der Waals surface area contributed by atoms with Crippen LogP contribution in [-0.4, -0.2) is 12.5 Å². The average molecular weight is 384 g/mol. The fraction of sp³-hybridized carbons (Fsp3) is 0.0714. The number of halogens is 2.